The minimum atomic E-state index is -0.208. The first-order chi connectivity index (χ1) is 16.2. The van der Waals surface area contributed by atoms with Crippen molar-refractivity contribution in [3.63, 3.8) is 0 Å². The van der Waals surface area contributed by atoms with E-state index in [-0.39, 0.29) is 23.5 Å². The molecule has 0 unspecified atom stereocenters. The number of rotatable bonds is 5. The van der Waals surface area contributed by atoms with Crippen molar-refractivity contribution in [3.05, 3.63) is 51.5 Å². The largest absolute Gasteiger partial charge is 0.369 e. The van der Waals surface area contributed by atoms with Crippen molar-refractivity contribution in [2.75, 3.05) is 13.1 Å². The Bertz CT molecular complexity index is 1270. The van der Waals surface area contributed by atoms with Crippen LogP contribution in [0, 0.1) is 6.92 Å². The highest BCUT2D eigenvalue weighted by molar-refractivity contribution is 7.19. The molecule has 1 atom stereocenters. The Hall–Kier alpha value is -2.32. The number of hydrogen-bond donors (Lipinski definition) is 1. The van der Waals surface area contributed by atoms with Crippen LogP contribution in [-0.4, -0.2) is 46.5 Å². The maximum Gasteiger partial charge on any atom is 0.230 e. The Morgan fingerprint density at radius 3 is 2.71 bits per heavy atom. The van der Waals surface area contributed by atoms with Gasteiger partial charge in [-0.1, -0.05) is 11.6 Å². The number of carbonyl (C=O) groups excluding carboxylic acids is 2. The molecule has 0 bridgehead atoms. The summed E-state index contributed by atoms with van der Waals surface area (Å²) >= 11 is 8.11. The van der Waals surface area contributed by atoms with Gasteiger partial charge in [0.15, 0.2) is 0 Å². The lowest BCUT2D eigenvalue weighted by atomic mass is 9.91. The molecule has 0 aliphatic carbocycles. The summed E-state index contributed by atoms with van der Waals surface area (Å²) in [5, 5.41) is 4.18. The summed E-state index contributed by atoms with van der Waals surface area (Å²) in [6.07, 6.45) is 3.24. The van der Waals surface area contributed by atoms with Crippen molar-refractivity contribution in [3.8, 4) is 11.1 Å². The van der Waals surface area contributed by atoms with E-state index in [1.54, 1.807) is 11.3 Å². The fraction of sp³-hybridized carbons (Fsp3) is 0.423. The third-order valence-electron chi connectivity index (χ3n) is 6.50. The van der Waals surface area contributed by atoms with E-state index >= 15 is 0 Å². The highest BCUT2D eigenvalue weighted by atomic mass is 35.5. The lowest BCUT2D eigenvalue weighted by Crippen LogP contribution is -2.51. The Morgan fingerprint density at radius 2 is 1.97 bits per heavy atom. The van der Waals surface area contributed by atoms with E-state index < -0.39 is 0 Å². The number of pyridine rings is 1. The average molecular weight is 498 g/mol. The van der Waals surface area contributed by atoms with Crippen molar-refractivity contribution < 1.29 is 14.3 Å². The topological polar surface area (TPSA) is 71.5 Å². The number of aromatic nitrogens is 1. The first-order valence-electron chi connectivity index (χ1n) is 11.6. The molecule has 0 saturated carbocycles. The quantitative estimate of drug-likeness (QED) is 0.508. The molecule has 2 aromatic heterocycles. The van der Waals surface area contributed by atoms with Crippen LogP contribution >= 0.6 is 22.9 Å². The highest BCUT2D eigenvalue weighted by Crippen LogP contribution is 2.39. The minimum Gasteiger partial charge on any atom is -0.369 e. The second-order valence-electron chi connectivity index (χ2n) is 9.74. The minimum absolute atomic E-state index is 0.0609. The van der Waals surface area contributed by atoms with Gasteiger partial charge in [0.1, 0.15) is 0 Å². The van der Waals surface area contributed by atoms with E-state index in [0.29, 0.717) is 24.4 Å². The van der Waals surface area contributed by atoms with Gasteiger partial charge in [-0.15, -0.1) is 11.3 Å². The predicted molar refractivity (Wildman–Crippen MR) is 135 cm³/mol. The van der Waals surface area contributed by atoms with Crippen molar-refractivity contribution in [1.29, 1.82) is 0 Å². The fourth-order valence-corrected chi connectivity index (χ4v) is 6.33. The van der Waals surface area contributed by atoms with E-state index in [1.807, 2.05) is 30.5 Å². The van der Waals surface area contributed by atoms with Gasteiger partial charge < -0.3 is 10.1 Å². The van der Waals surface area contributed by atoms with Gasteiger partial charge in [-0.3, -0.25) is 19.5 Å². The third kappa shape index (κ3) is 4.62. The lowest BCUT2D eigenvalue weighted by molar-refractivity contribution is -0.138. The van der Waals surface area contributed by atoms with Gasteiger partial charge in [-0.05, 0) is 61.7 Å². The molecule has 1 aromatic carbocycles. The number of thiophene rings is 1. The number of carbonyl (C=O) groups is 2. The SMILES string of the molecule is Cc1cc(Cl)cc(-c2ccnc3cc(CN4C(=O)CCC4=O)sc23)c1C[C@H]1CNCC(C)(C)O1. The van der Waals surface area contributed by atoms with Crippen LogP contribution in [0.25, 0.3) is 21.3 Å². The molecule has 0 radical (unpaired) electrons. The standard InChI is InChI=1S/C26H28ClN3O3S/c1-15-8-16(27)9-21(20(15)10-17-12-28-14-26(2,3)33-17)19-6-7-29-22-11-18(34-25(19)22)13-30-23(31)4-5-24(30)32/h6-9,11,17,28H,4-5,10,12-14H2,1-3H3/t17-/m0/s1. The number of imide groups is 1. The first-order valence-corrected chi connectivity index (χ1v) is 12.8. The summed E-state index contributed by atoms with van der Waals surface area (Å²) in [6, 6.07) is 8.03. The van der Waals surface area contributed by atoms with Gasteiger partial charge >= 0.3 is 0 Å². The molecule has 2 amide bonds. The second kappa shape index (κ2) is 9.04. The first kappa shape index (κ1) is 23.4. The van der Waals surface area contributed by atoms with Crippen molar-refractivity contribution in [1.82, 2.24) is 15.2 Å². The molecule has 8 heteroatoms. The van der Waals surface area contributed by atoms with Crippen molar-refractivity contribution in [2.45, 2.75) is 58.3 Å². The molecule has 178 valence electrons. The lowest BCUT2D eigenvalue weighted by Gasteiger charge is -2.37. The molecule has 1 N–H and O–H groups in total. The smallest absolute Gasteiger partial charge is 0.230 e. The molecule has 3 aromatic rings. The van der Waals surface area contributed by atoms with Crippen LogP contribution in [0.1, 0.15) is 42.7 Å². The summed E-state index contributed by atoms with van der Waals surface area (Å²) in [5.41, 5.74) is 5.12. The van der Waals surface area contributed by atoms with E-state index in [1.165, 1.54) is 10.5 Å². The fourth-order valence-electron chi connectivity index (χ4n) is 4.93. The number of amides is 2. The maximum absolute atomic E-state index is 12.1. The maximum atomic E-state index is 12.1. The van der Waals surface area contributed by atoms with Gasteiger partial charge in [0.25, 0.3) is 0 Å². The highest BCUT2D eigenvalue weighted by Gasteiger charge is 2.31. The number of hydrogen-bond acceptors (Lipinski definition) is 6. The third-order valence-corrected chi connectivity index (χ3v) is 7.86. The molecule has 6 nitrogen and oxygen atoms in total. The van der Waals surface area contributed by atoms with Gasteiger partial charge in [0.05, 0.1) is 28.5 Å². The second-order valence-corrected chi connectivity index (χ2v) is 11.3. The van der Waals surface area contributed by atoms with Gasteiger partial charge in [-0.2, -0.15) is 0 Å². The number of aryl methyl sites for hydroxylation is 1. The molecular formula is C26H28ClN3O3S. The summed E-state index contributed by atoms with van der Waals surface area (Å²) in [4.78, 5) is 31.1. The molecule has 5 rings (SSSR count). The Labute approximate surface area is 208 Å². The van der Waals surface area contributed by atoms with E-state index in [9.17, 15) is 9.59 Å². The monoisotopic (exact) mass is 497 g/mol. The number of benzene rings is 1. The average Bonchev–Trinajstić information content (AvgIpc) is 3.32. The molecule has 0 spiro atoms. The molecular weight excluding hydrogens is 470 g/mol. The van der Waals surface area contributed by atoms with E-state index in [0.717, 1.165) is 51.3 Å². The van der Waals surface area contributed by atoms with Gasteiger partial charge in [0, 0.05) is 54.0 Å². The normalized spacial score (nSPS) is 20.5. The number of fused-ring (bicyclic) bond motifs is 1. The van der Waals surface area contributed by atoms with Crippen LogP contribution in [0.5, 0.6) is 0 Å². The van der Waals surface area contributed by atoms with Crippen molar-refractivity contribution >= 4 is 45.0 Å². The molecule has 2 saturated heterocycles. The number of likely N-dealkylation sites (tertiary alicyclic amines) is 1. The van der Waals surface area contributed by atoms with Crippen LogP contribution in [0.15, 0.2) is 30.5 Å². The summed E-state index contributed by atoms with van der Waals surface area (Å²) in [5.74, 6) is -0.209. The summed E-state index contributed by atoms with van der Waals surface area (Å²) < 4.78 is 7.40. The summed E-state index contributed by atoms with van der Waals surface area (Å²) in [7, 11) is 0. The zero-order valence-corrected chi connectivity index (χ0v) is 21.2. The Morgan fingerprint density at radius 1 is 1.21 bits per heavy atom. The van der Waals surface area contributed by atoms with Gasteiger partial charge in [0.2, 0.25) is 11.8 Å². The van der Waals surface area contributed by atoms with Crippen LogP contribution in [0.4, 0.5) is 0 Å². The van der Waals surface area contributed by atoms with Gasteiger partial charge in [-0.25, -0.2) is 0 Å². The number of ether oxygens (including phenoxy) is 1. The zero-order chi connectivity index (χ0) is 24.0. The number of nitrogens with zero attached hydrogens (tertiary/aromatic N) is 2. The molecule has 34 heavy (non-hydrogen) atoms. The molecule has 2 fully saturated rings. The predicted octanol–water partition coefficient (Wildman–Crippen LogP) is 4.88. The zero-order valence-electron chi connectivity index (χ0n) is 19.6. The van der Waals surface area contributed by atoms with Crippen LogP contribution in [-0.2, 0) is 27.3 Å². The Balaban J connectivity index is 1.53. The number of halogens is 1. The van der Waals surface area contributed by atoms with Crippen LogP contribution in [0.3, 0.4) is 0 Å². The van der Waals surface area contributed by atoms with E-state index in [2.05, 4.69) is 31.1 Å². The van der Waals surface area contributed by atoms with Crippen LogP contribution in [0.2, 0.25) is 5.02 Å². The molecule has 2 aliphatic rings. The number of nitrogens with one attached hydrogen (secondary N) is 1. The Kier molecular flexibility index (Phi) is 6.23. The molecule has 4 heterocycles. The number of morpholine rings is 1. The summed E-state index contributed by atoms with van der Waals surface area (Å²) in [6.45, 7) is 8.25. The van der Waals surface area contributed by atoms with Crippen LogP contribution < -0.4 is 5.32 Å². The van der Waals surface area contributed by atoms with Crippen molar-refractivity contribution in [2.24, 2.45) is 0 Å². The van der Waals surface area contributed by atoms with E-state index in [4.69, 9.17) is 16.3 Å². The molecule has 2 aliphatic heterocycles.